The van der Waals surface area contributed by atoms with E-state index in [1.807, 2.05) is 0 Å². The van der Waals surface area contributed by atoms with E-state index in [4.69, 9.17) is 5.11 Å². The van der Waals surface area contributed by atoms with Gasteiger partial charge in [-0.15, -0.1) is 0 Å². The standard InChI is InChI=1S/C12H14BrNO5S2/c1-8-10(12(15)16)6-9(7-11(8)13)21(18,19)14-2-4-20(17)5-3-14/h6-7H,2-5H2,1H3,(H,15,16). The Morgan fingerprint density at radius 2 is 1.90 bits per heavy atom. The number of hydrogen-bond donors (Lipinski definition) is 1. The summed E-state index contributed by atoms with van der Waals surface area (Å²) in [5, 5.41) is 9.16. The number of carbonyl (C=O) groups is 1. The van der Waals surface area contributed by atoms with E-state index in [0.29, 0.717) is 21.5 Å². The molecular weight excluding hydrogens is 382 g/mol. The Hall–Kier alpha value is -0.770. The van der Waals surface area contributed by atoms with Gasteiger partial charge in [0, 0.05) is 39.9 Å². The van der Waals surface area contributed by atoms with Gasteiger partial charge in [0.1, 0.15) is 0 Å². The molecule has 1 saturated heterocycles. The van der Waals surface area contributed by atoms with Gasteiger partial charge in [0.05, 0.1) is 10.5 Å². The molecule has 0 aromatic heterocycles. The van der Waals surface area contributed by atoms with Crippen molar-refractivity contribution in [2.75, 3.05) is 24.6 Å². The van der Waals surface area contributed by atoms with Gasteiger partial charge in [-0.2, -0.15) is 4.31 Å². The lowest BCUT2D eigenvalue weighted by Gasteiger charge is -2.26. The lowest BCUT2D eigenvalue weighted by molar-refractivity contribution is 0.0695. The second-order valence-corrected chi connectivity index (χ2v) is 9.12. The van der Waals surface area contributed by atoms with Gasteiger partial charge in [-0.25, -0.2) is 13.2 Å². The smallest absolute Gasteiger partial charge is 0.336 e. The Balaban J connectivity index is 2.45. The van der Waals surface area contributed by atoms with Gasteiger partial charge in [0.25, 0.3) is 0 Å². The molecule has 0 atom stereocenters. The highest BCUT2D eigenvalue weighted by atomic mass is 79.9. The zero-order valence-corrected chi connectivity index (χ0v) is 14.4. The summed E-state index contributed by atoms with van der Waals surface area (Å²) in [6, 6.07) is 2.58. The summed E-state index contributed by atoms with van der Waals surface area (Å²) in [7, 11) is -4.76. The number of rotatable bonds is 3. The minimum absolute atomic E-state index is 0.0523. The van der Waals surface area contributed by atoms with Crippen LogP contribution in [0.4, 0.5) is 0 Å². The molecule has 0 aliphatic carbocycles. The van der Waals surface area contributed by atoms with Crippen LogP contribution in [0.25, 0.3) is 0 Å². The topological polar surface area (TPSA) is 91.8 Å². The second kappa shape index (κ2) is 6.15. The summed E-state index contributed by atoms with van der Waals surface area (Å²) < 4.78 is 38.1. The number of aromatic carboxylic acids is 1. The molecule has 0 saturated carbocycles. The lowest BCUT2D eigenvalue weighted by Crippen LogP contribution is -2.41. The Kier molecular flexibility index (Phi) is 4.86. The zero-order valence-electron chi connectivity index (χ0n) is 11.2. The molecule has 6 nitrogen and oxygen atoms in total. The van der Waals surface area contributed by atoms with Crippen molar-refractivity contribution in [3.05, 3.63) is 27.7 Å². The van der Waals surface area contributed by atoms with Crippen LogP contribution in [-0.2, 0) is 20.8 Å². The van der Waals surface area contributed by atoms with Crippen molar-refractivity contribution in [2.45, 2.75) is 11.8 Å². The maximum atomic E-state index is 12.5. The number of benzene rings is 1. The van der Waals surface area contributed by atoms with Gasteiger partial charge in [0.15, 0.2) is 0 Å². The third-order valence-electron chi connectivity index (χ3n) is 3.32. The Morgan fingerprint density at radius 1 is 1.33 bits per heavy atom. The number of carboxylic acids is 1. The number of nitrogens with zero attached hydrogens (tertiary/aromatic N) is 1. The van der Waals surface area contributed by atoms with Gasteiger partial charge >= 0.3 is 5.97 Å². The molecule has 1 aliphatic rings. The van der Waals surface area contributed by atoms with Crippen molar-refractivity contribution in [1.82, 2.24) is 4.31 Å². The molecule has 0 bridgehead atoms. The first-order valence-corrected chi connectivity index (χ1v) is 9.84. The quantitative estimate of drug-likeness (QED) is 0.829. The van der Waals surface area contributed by atoms with E-state index < -0.39 is 26.8 Å². The van der Waals surface area contributed by atoms with Gasteiger partial charge in [0.2, 0.25) is 10.0 Å². The summed E-state index contributed by atoms with van der Waals surface area (Å²) >= 11 is 3.20. The number of halogens is 1. The van der Waals surface area contributed by atoms with Crippen molar-refractivity contribution in [3.8, 4) is 0 Å². The van der Waals surface area contributed by atoms with Crippen molar-refractivity contribution >= 4 is 42.7 Å². The van der Waals surface area contributed by atoms with Crippen LogP contribution in [0.3, 0.4) is 0 Å². The fraction of sp³-hybridized carbons (Fsp3) is 0.417. The van der Waals surface area contributed by atoms with Crippen LogP contribution in [0.2, 0.25) is 0 Å². The first-order chi connectivity index (χ1) is 9.73. The van der Waals surface area contributed by atoms with Crippen LogP contribution in [0.15, 0.2) is 21.5 Å². The van der Waals surface area contributed by atoms with Crippen LogP contribution < -0.4 is 0 Å². The Bertz CT molecular complexity index is 707. The van der Waals surface area contributed by atoms with Gasteiger partial charge in [-0.05, 0) is 24.6 Å². The predicted octanol–water partition coefficient (Wildman–Crippen LogP) is 1.21. The van der Waals surface area contributed by atoms with Crippen molar-refractivity contribution in [3.63, 3.8) is 0 Å². The molecule has 1 fully saturated rings. The van der Waals surface area contributed by atoms with E-state index in [1.165, 1.54) is 16.4 Å². The molecule has 0 unspecified atom stereocenters. The third kappa shape index (κ3) is 3.36. The lowest BCUT2D eigenvalue weighted by atomic mass is 10.1. The Morgan fingerprint density at radius 3 is 2.43 bits per heavy atom. The van der Waals surface area contributed by atoms with Crippen molar-refractivity contribution in [2.24, 2.45) is 0 Å². The maximum Gasteiger partial charge on any atom is 0.336 e. The summed E-state index contributed by atoms with van der Waals surface area (Å²) in [5.74, 6) is -0.569. The van der Waals surface area contributed by atoms with E-state index in [9.17, 15) is 17.4 Å². The highest BCUT2D eigenvalue weighted by Gasteiger charge is 2.29. The molecule has 1 N–H and O–H groups in total. The number of carboxylic acid groups (broad SMARTS) is 1. The van der Waals surface area contributed by atoms with E-state index >= 15 is 0 Å². The van der Waals surface area contributed by atoms with Gasteiger partial charge in [-0.1, -0.05) is 15.9 Å². The zero-order chi connectivity index (χ0) is 15.8. The molecule has 116 valence electrons. The highest BCUT2D eigenvalue weighted by molar-refractivity contribution is 9.10. The number of hydrogen-bond acceptors (Lipinski definition) is 4. The average Bonchev–Trinajstić information content (AvgIpc) is 2.41. The average molecular weight is 396 g/mol. The molecule has 0 amide bonds. The fourth-order valence-electron chi connectivity index (χ4n) is 2.04. The molecule has 1 aromatic rings. The largest absolute Gasteiger partial charge is 0.478 e. The molecule has 1 aromatic carbocycles. The summed E-state index contributed by atoms with van der Waals surface area (Å²) in [6.45, 7) is 1.97. The minimum Gasteiger partial charge on any atom is -0.478 e. The molecule has 1 aliphatic heterocycles. The summed E-state index contributed by atoms with van der Waals surface area (Å²) in [6.07, 6.45) is 0. The molecule has 2 rings (SSSR count). The molecule has 0 radical (unpaired) electrons. The SMILES string of the molecule is Cc1c(Br)cc(S(=O)(=O)N2CCS(=O)CC2)cc1C(=O)O. The van der Waals surface area contributed by atoms with Crippen LogP contribution >= 0.6 is 15.9 Å². The third-order valence-corrected chi connectivity index (χ3v) is 7.30. The first-order valence-electron chi connectivity index (χ1n) is 6.12. The van der Waals surface area contributed by atoms with Gasteiger partial charge in [-0.3, -0.25) is 4.21 Å². The van der Waals surface area contributed by atoms with Crippen molar-refractivity contribution in [1.29, 1.82) is 0 Å². The molecule has 1 heterocycles. The van der Waals surface area contributed by atoms with E-state index in [2.05, 4.69) is 15.9 Å². The van der Waals surface area contributed by atoms with Crippen LogP contribution in [0.5, 0.6) is 0 Å². The van der Waals surface area contributed by atoms with Gasteiger partial charge < -0.3 is 5.11 Å². The molecular formula is C12H14BrNO5S2. The Labute approximate surface area is 133 Å². The van der Waals surface area contributed by atoms with E-state index in [0.717, 1.165) is 0 Å². The van der Waals surface area contributed by atoms with E-state index in [-0.39, 0.29) is 23.5 Å². The predicted molar refractivity (Wildman–Crippen MR) is 82.5 cm³/mol. The minimum atomic E-state index is -3.78. The summed E-state index contributed by atoms with van der Waals surface area (Å²) in [5.41, 5.74) is 0.421. The number of sulfonamides is 1. The molecule has 0 spiro atoms. The molecule has 9 heteroatoms. The van der Waals surface area contributed by atoms with E-state index in [1.54, 1.807) is 6.92 Å². The highest BCUT2D eigenvalue weighted by Crippen LogP contribution is 2.27. The second-order valence-electron chi connectivity index (χ2n) is 4.63. The first kappa shape index (κ1) is 16.6. The normalized spacial score (nSPS) is 17.8. The summed E-state index contributed by atoms with van der Waals surface area (Å²) in [4.78, 5) is 11.1. The molecule has 21 heavy (non-hydrogen) atoms. The monoisotopic (exact) mass is 395 g/mol. The van der Waals surface area contributed by atoms with Crippen LogP contribution in [0, 0.1) is 6.92 Å². The van der Waals surface area contributed by atoms with Crippen LogP contribution in [0.1, 0.15) is 15.9 Å². The fourth-order valence-corrected chi connectivity index (χ4v) is 5.43. The maximum absolute atomic E-state index is 12.5. The van der Waals surface area contributed by atoms with Crippen molar-refractivity contribution < 1.29 is 22.5 Å². The van der Waals surface area contributed by atoms with Crippen LogP contribution in [-0.4, -0.2) is 52.6 Å².